The molecule has 1 aliphatic heterocycles. The van der Waals surface area contributed by atoms with Gasteiger partial charge in [-0.25, -0.2) is 13.1 Å². The minimum Gasteiger partial charge on any atom is -0.363 e. The normalized spacial score (nSPS) is 15.9. The molecule has 7 nitrogen and oxygen atoms in total. The third-order valence-corrected chi connectivity index (χ3v) is 7.41. The topological polar surface area (TPSA) is 85.8 Å². The van der Waals surface area contributed by atoms with Gasteiger partial charge >= 0.3 is 0 Å². The molecule has 30 heavy (non-hydrogen) atoms. The zero-order valence-electron chi connectivity index (χ0n) is 17.6. The van der Waals surface area contributed by atoms with E-state index in [9.17, 15) is 8.42 Å². The summed E-state index contributed by atoms with van der Waals surface area (Å²) in [4.78, 5) is 7.24. The van der Waals surface area contributed by atoms with Gasteiger partial charge in [0.1, 0.15) is 0 Å². The van der Waals surface area contributed by atoms with Gasteiger partial charge in [-0.3, -0.25) is 4.99 Å². The van der Waals surface area contributed by atoms with Crippen molar-refractivity contribution in [3.8, 4) is 0 Å². The molecule has 1 aromatic heterocycles. The molecule has 164 valence electrons. The van der Waals surface area contributed by atoms with Crippen LogP contribution in [-0.2, 0) is 10.0 Å². The molecule has 0 radical (unpaired) electrons. The van der Waals surface area contributed by atoms with Gasteiger partial charge in [0.2, 0.25) is 10.0 Å². The van der Waals surface area contributed by atoms with Crippen LogP contribution in [0.15, 0.2) is 51.7 Å². The van der Waals surface area contributed by atoms with Crippen LogP contribution in [0, 0.1) is 6.92 Å². The summed E-state index contributed by atoms with van der Waals surface area (Å²) in [6.07, 6.45) is 2.09. The smallest absolute Gasteiger partial charge is 0.240 e. The molecule has 9 heteroatoms. The molecule has 0 atom stereocenters. The van der Waals surface area contributed by atoms with Crippen molar-refractivity contribution in [1.82, 2.24) is 15.4 Å². The lowest BCUT2D eigenvalue weighted by atomic mass is 10.1. The van der Waals surface area contributed by atoms with Crippen molar-refractivity contribution >= 4 is 32.3 Å². The lowest BCUT2D eigenvalue weighted by Crippen LogP contribution is -2.48. The van der Waals surface area contributed by atoms with Crippen LogP contribution in [0.4, 0.5) is 5.00 Å². The predicted molar refractivity (Wildman–Crippen MR) is 125 cm³/mol. The van der Waals surface area contributed by atoms with E-state index in [1.54, 1.807) is 35.6 Å². The highest BCUT2D eigenvalue weighted by Crippen LogP contribution is 2.24. The Balaban J connectivity index is 1.47. The maximum absolute atomic E-state index is 12.4. The highest BCUT2D eigenvalue weighted by Gasteiger charge is 2.20. The standard InChI is InChI=1S/C21H31N5O2S2/c1-3-22-21(25-18-10-14-26(15-11-18)20-5-4-16-29-20)23-12-13-24-30(27,28)19-8-6-17(2)7-9-19/h4-9,16,18,24H,3,10-15H2,1-2H3,(H2,22,23,25). The Labute approximate surface area is 183 Å². The number of sulfonamides is 1. The first-order valence-corrected chi connectivity index (χ1v) is 12.7. The van der Waals surface area contributed by atoms with Crippen molar-refractivity contribution in [3.05, 3.63) is 47.3 Å². The summed E-state index contributed by atoms with van der Waals surface area (Å²) in [6, 6.07) is 11.5. The SMILES string of the molecule is CCNC(=NCCNS(=O)(=O)c1ccc(C)cc1)NC1CCN(c2cccs2)CC1. The van der Waals surface area contributed by atoms with Crippen LogP contribution in [0.1, 0.15) is 25.3 Å². The Kier molecular flexibility index (Phi) is 8.12. The fourth-order valence-electron chi connectivity index (χ4n) is 3.36. The van der Waals surface area contributed by atoms with Gasteiger partial charge in [0, 0.05) is 32.2 Å². The molecule has 0 amide bonds. The number of nitrogens with one attached hydrogen (secondary N) is 3. The number of benzene rings is 1. The number of rotatable bonds is 8. The van der Waals surface area contributed by atoms with Gasteiger partial charge in [0.25, 0.3) is 0 Å². The van der Waals surface area contributed by atoms with Crippen LogP contribution in [0.25, 0.3) is 0 Å². The Bertz CT molecular complexity index is 903. The molecule has 0 spiro atoms. The summed E-state index contributed by atoms with van der Waals surface area (Å²) in [5, 5.41) is 10.2. The van der Waals surface area contributed by atoms with E-state index in [0.717, 1.165) is 44.0 Å². The van der Waals surface area contributed by atoms with Crippen molar-refractivity contribution in [2.24, 2.45) is 4.99 Å². The molecule has 2 aromatic rings. The van der Waals surface area contributed by atoms with Crippen LogP contribution < -0.4 is 20.3 Å². The van der Waals surface area contributed by atoms with E-state index < -0.39 is 10.0 Å². The number of aliphatic imine (C=N–C) groups is 1. The van der Waals surface area contributed by atoms with Crippen molar-refractivity contribution in [1.29, 1.82) is 0 Å². The second-order valence-electron chi connectivity index (χ2n) is 7.33. The Morgan fingerprint density at radius 3 is 2.57 bits per heavy atom. The predicted octanol–water partition coefficient (Wildman–Crippen LogP) is 2.56. The molecule has 0 aliphatic carbocycles. The minimum absolute atomic E-state index is 0.254. The number of anilines is 1. The second kappa shape index (κ2) is 10.8. The zero-order valence-corrected chi connectivity index (χ0v) is 19.2. The number of piperidine rings is 1. The van der Waals surface area contributed by atoms with Gasteiger partial charge in [-0.15, -0.1) is 11.3 Å². The van der Waals surface area contributed by atoms with Crippen molar-refractivity contribution < 1.29 is 8.42 Å². The molecular weight excluding hydrogens is 418 g/mol. The molecule has 1 aliphatic rings. The zero-order chi connectivity index (χ0) is 21.4. The van der Waals surface area contributed by atoms with Crippen LogP contribution in [0.5, 0.6) is 0 Å². The highest BCUT2D eigenvalue weighted by atomic mass is 32.2. The summed E-state index contributed by atoms with van der Waals surface area (Å²) in [7, 11) is -3.51. The summed E-state index contributed by atoms with van der Waals surface area (Å²) >= 11 is 1.78. The number of guanidine groups is 1. The van der Waals surface area contributed by atoms with Crippen LogP contribution >= 0.6 is 11.3 Å². The van der Waals surface area contributed by atoms with Gasteiger partial charge in [0.15, 0.2) is 5.96 Å². The van der Waals surface area contributed by atoms with E-state index in [4.69, 9.17) is 0 Å². The average Bonchev–Trinajstić information content (AvgIpc) is 3.27. The van der Waals surface area contributed by atoms with Crippen LogP contribution in [0.2, 0.25) is 0 Å². The second-order valence-corrected chi connectivity index (χ2v) is 10.0. The van der Waals surface area contributed by atoms with Gasteiger partial charge < -0.3 is 15.5 Å². The van der Waals surface area contributed by atoms with Crippen LogP contribution in [0.3, 0.4) is 0 Å². The number of hydrogen-bond donors (Lipinski definition) is 3. The first-order valence-electron chi connectivity index (χ1n) is 10.4. The Morgan fingerprint density at radius 1 is 1.20 bits per heavy atom. The summed E-state index contributed by atoms with van der Waals surface area (Å²) in [5.74, 6) is 0.738. The van der Waals surface area contributed by atoms with Crippen molar-refractivity contribution in [2.75, 3.05) is 37.6 Å². The first-order chi connectivity index (χ1) is 14.5. The van der Waals surface area contributed by atoms with Crippen molar-refractivity contribution in [3.63, 3.8) is 0 Å². The van der Waals surface area contributed by atoms with Crippen LogP contribution in [-0.4, -0.2) is 53.1 Å². The third kappa shape index (κ3) is 6.45. The number of thiophene rings is 1. The Morgan fingerprint density at radius 2 is 1.93 bits per heavy atom. The van der Waals surface area contributed by atoms with Gasteiger partial charge in [-0.2, -0.15) is 0 Å². The molecular formula is C21H31N5O2S2. The maximum atomic E-state index is 12.4. The van der Waals surface area contributed by atoms with Gasteiger partial charge in [-0.05, 0) is 56.3 Å². The maximum Gasteiger partial charge on any atom is 0.240 e. The highest BCUT2D eigenvalue weighted by molar-refractivity contribution is 7.89. The lowest BCUT2D eigenvalue weighted by Gasteiger charge is -2.33. The summed E-state index contributed by atoms with van der Waals surface area (Å²) < 4.78 is 27.3. The Hall–Kier alpha value is -2.10. The van der Waals surface area contributed by atoms with Gasteiger partial charge in [0.05, 0.1) is 16.4 Å². The van der Waals surface area contributed by atoms with E-state index in [-0.39, 0.29) is 11.4 Å². The summed E-state index contributed by atoms with van der Waals surface area (Å²) in [5.41, 5.74) is 1.03. The number of nitrogens with zero attached hydrogens (tertiary/aromatic N) is 2. The van der Waals surface area contributed by atoms with E-state index >= 15 is 0 Å². The average molecular weight is 450 g/mol. The molecule has 2 heterocycles. The molecule has 1 fully saturated rings. The van der Waals surface area contributed by atoms with E-state index in [2.05, 4.69) is 42.8 Å². The fourth-order valence-corrected chi connectivity index (χ4v) is 5.16. The largest absolute Gasteiger partial charge is 0.363 e. The van der Waals surface area contributed by atoms with E-state index in [0.29, 0.717) is 12.6 Å². The molecule has 0 unspecified atom stereocenters. The molecule has 1 aromatic carbocycles. The number of aryl methyl sites for hydroxylation is 1. The molecule has 0 bridgehead atoms. The monoisotopic (exact) mass is 449 g/mol. The minimum atomic E-state index is -3.51. The van der Waals surface area contributed by atoms with Gasteiger partial charge in [-0.1, -0.05) is 17.7 Å². The first kappa shape index (κ1) is 22.6. The molecule has 1 saturated heterocycles. The van der Waals surface area contributed by atoms with Crippen molar-refractivity contribution in [2.45, 2.75) is 37.6 Å². The lowest BCUT2D eigenvalue weighted by molar-refractivity contribution is 0.463. The molecule has 3 N–H and O–H groups in total. The third-order valence-electron chi connectivity index (χ3n) is 5.00. The molecule has 0 saturated carbocycles. The van der Waals surface area contributed by atoms with E-state index in [1.807, 2.05) is 13.8 Å². The summed E-state index contributed by atoms with van der Waals surface area (Å²) in [6.45, 7) is 7.38. The molecule has 3 rings (SSSR count). The number of hydrogen-bond acceptors (Lipinski definition) is 5. The van der Waals surface area contributed by atoms with E-state index in [1.165, 1.54) is 5.00 Å². The fraction of sp³-hybridized carbons (Fsp3) is 0.476. The quantitative estimate of drug-likeness (QED) is 0.328.